The SMILES string of the molecule is Fc1c[c-]c(-c2ccccn2)c(F)c1.[c-]1c(-c2ccccn2)sc2ccccc12.[c-]1ccc2ccccc2c1-c1ncc(-c2ccccc2)o1. The van der Waals surface area contributed by atoms with E-state index in [-0.39, 0.29) is 5.56 Å². The second kappa shape index (κ2) is 15.3. The largest absolute Gasteiger partial charge is 0.481 e. The maximum absolute atomic E-state index is 13.2. The van der Waals surface area contributed by atoms with Gasteiger partial charge in [-0.05, 0) is 27.4 Å². The van der Waals surface area contributed by atoms with Gasteiger partial charge in [0.2, 0.25) is 0 Å². The van der Waals surface area contributed by atoms with Crippen molar-refractivity contribution < 1.29 is 13.2 Å². The number of halogens is 2. The van der Waals surface area contributed by atoms with E-state index < -0.39 is 11.6 Å². The highest BCUT2D eigenvalue weighted by molar-refractivity contribution is 7.22. The molecular weight excluding hydrogens is 645 g/mol. The molecule has 0 fully saturated rings. The Kier molecular flexibility index (Phi) is 9.85. The molecule has 0 unspecified atom stereocenters. The Hall–Kier alpha value is -6.31. The third-order valence-corrected chi connectivity index (χ3v) is 8.61. The summed E-state index contributed by atoms with van der Waals surface area (Å²) in [7, 11) is 0. The molecule has 0 bridgehead atoms. The maximum atomic E-state index is 13.2. The van der Waals surface area contributed by atoms with E-state index in [0.717, 1.165) is 50.4 Å². The van der Waals surface area contributed by atoms with Crippen LogP contribution in [0.2, 0.25) is 0 Å². The lowest BCUT2D eigenvalue weighted by Crippen LogP contribution is -1.88. The van der Waals surface area contributed by atoms with Crippen molar-refractivity contribution in [2.75, 3.05) is 0 Å². The van der Waals surface area contributed by atoms with Crippen molar-refractivity contribution in [1.29, 1.82) is 0 Å². The van der Waals surface area contributed by atoms with Crippen molar-refractivity contribution in [2.24, 2.45) is 0 Å². The van der Waals surface area contributed by atoms with Gasteiger partial charge in [0.1, 0.15) is 11.7 Å². The Morgan fingerprint density at radius 1 is 0.640 bits per heavy atom. The fourth-order valence-corrected chi connectivity index (χ4v) is 6.13. The molecule has 0 spiro atoms. The third-order valence-electron chi connectivity index (χ3n) is 7.52. The van der Waals surface area contributed by atoms with Crippen LogP contribution in [0.4, 0.5) is 8.78 Å². The smallest absolute Gasteiger partial charge is 0.141 e. The molecule has 4 heterocycles. The molecule has 0 saturated carbocycles. The number of aromatic nitrogens is 3. The first-order chi connectivity index (χ1) is 24.6. The number of hydrogen-bond acceptors (Lipinski definition) is 5. The molecule has 0 radical (unpaired) electrons. The Labute approximate surface area is 292 Å². The van der Waals surface area contributed by atoms with Crippen molar-refractivity contribution in [2.45, 2.75) is 0 Å². The Morgan fingerprint density at radius 2 is 1.36 bits per heavy atom. The van der Waals surface area contributed by atoms with Gasteiger partial charge in [0, 0.05) is 35.3 Å². The molecule has 9 rings (SSSR count). The fraction of sp³-hybridized carbons (Fsp3) is 0. The van der Waals surface area contributed by atoms with Crippen LogP contribution in [-0.4, -0.2) is 15.0 Å². The molecule has 0 aliphatic carbocycles. The molecule has 0 aliphatic rings. The van der Waals surface area contributed by atoms with Crippen LogP contribution in [0.1, 0.15) is 0 Å². The number of oxazole rings is 1. The van der Waals surface area contributed by atoms with Crippen LogP contribution in [0, 0.1) is 29.8 Å². The second-order valence-corrected chi connectivity index (χ2v) is 11.9. The molecule has 4 aromatic heterocycles. The van der Waals surface area contributed by atoms with E-state index in [1.165, 1.54) is 10.1 Å². The minimum atomic E-state index is -0.649. The molecular formula is C43H26F2N3OS-3. The average Bonchev–Trinajstić information content (AvgIpc) is 3.85. The molecule has 7 heteroatoms. The standard InChI is InChI=1S/C19H12NO.C13H8NS.C11H6F2N/c1-2-8-15(9-3-1)18-13-20-19(21-18)17-12-6-10-14-7-4-5-11-16(14)17;1-2-7-12-10(5-1)9-13(15-12)11-6-3-4-8-14-11;12-8-4-5-9(10(13)7-8)11-3-1-2-6-14-11/h1-11,13H;1-8H;1-4,6-7H/q3*-1. The van der Waals surface area contributed by atoms with Crippen molar-refractivity contribution in [3.05, 3.63) is 188 Å². The summed E-state index contributed by atoms with van der Waals surface area (Å²) in [4.78, 5) is 13.8. The summed E-state index contributed by atoms with van der Waals surface area (Å²) in [6.07, 6.45) is 5.12. The van der Waals surface area contributed by atoms with E-state index in [1.54, 1.807) is 41.9 Å². The quantitative estimate of drug-likeness (QED) is 0.175. The van der Waals surface area contributed by atoms with Crippen molar-refractivity contribution in [1.82, 2.24) is 15.0 Å². The van der Waals surface area contributed by atoms with E-state index in [1.807, 2.05) is 85.1 Å². The summed E-state index contributed by atoms with van der Waals surface area (Å²) in [5.41, 5.74) is 3.56. The lowest BCUT2D eigenvalue weighted by molar-refractivity contribution is 0.585. The third kappa shape index (κ3) is 7.54. The highest BCUT2D eigenvalue weighted by atomic mass is 32.1. The zero-order valence-electron chi connectivity index (χ0n) is 26.4. The minimum absolute atomic E-state index is 0.187. The molecule has 0 amide bonds. The summed E-state index contributed by atoms with van der Waals surface area (Å²) in [5, 5.41) is 3.43. The van der Waals surface area contributed by atoms with Gasteiger partial charge in [-0.25, -0.2) is 11.3 Å². The first kappa shape index (κ1) is 32.2. The van der Waals surface area contributed by atoms with Crippen LogP contribution in [0.5, 0.6) is 0 Å². The normalized spacial score (nSPS) is 10.6. The molecule has 5 aromatic carbocycles. The topological polar surface area (TPSA) is 51.8 Å². The number of rotatable bonds is 4. The number of hydrogen-bond donors (Lipinski definition) is 0. The highest BCUT2D eigenvalue weighted by Crippen LogP contribution is 2.32. The summed E-state index contributed by atoms with van der Waals surface area (Å²) in [6.45, 7) is 0. The Morgan fingerprint density at radius 3 is 2.12 bits per heavy atom. The van der Waals surface area contributed by atoms with Gasteiger partial charge in [0.05, 0.1) is 6.20 Å². The first-order valence-electron chi connectivity index (χ1n) is 15.6. The van der Waals surface area contributed by atoms with Gasteiger partial charge in [-0.1, -0.05) is 114 Å². The lowest BCUT2D eigenvalue weighted by Gasteiger charge is -2.10. The number of thiophene rings is 1. The van der Waals surface area contributed by atoms with E-state index >= 15 is 0 Å². The monoisotopic (exact) mass is 670 g/mol. The van der Waals surface area contributed by atoms with Crippen LogP contribution >= 0.6 is 11.3 Å². The van der Waals surface area contributed by atoms with Crippen molar-refractivity contribution in [3.63, 3.8) is 0 Å². The molecule has 4 nitrogen and oxygen atoms in total. The van der Waals surface area contributed by atoms with Crippen LogP contribution < -0.4 is 0 Å². The van der Waals surface area contributed by atoms with Gasteiger partial charge in [0.15, 0.2) is 0 Å². The molecule has 0 atom stereocenters. The van der Waals surface area contributed by atoms with Gasteiger partial charge in [0.25, 0.3) is 0 Å². The van der Waals surface area contributed by atoms with Crippen molar-refractivity contribution >= 4 is 32.2 Å². The van der Waals surface area contributed by atoms with E-state index in [4.69, 9.17) is 4.42 Å². The fourth-order valence-electron chi connectivity index (χ4n) is 5.15. The Balaban J connectivity index is 0.000000121. The van der Waals surface area contributed by atoms with Gasteiger partial charge in [-0.15, -0.1) is 59.3 Å². The number of nitrogens with zero attached hydrogens (tertiary/aromatic N) is 3. The first-order valence-corrected chi connectivity index (χ1v) is 16.5. The Bertz CT molecular complexity index is 2430. The molecule has 242 valence electrons. The molecule has 0 N–H and O–H groups in total. The van der Waals surface area contributed by atoms with Crippen LogP contribution in [-0.2, 0) is 0 Å². The van der Waals surface area contributed by atoms with E-state index in [9.17, 15) is 8.78 Å². The predicted molar refractivity (Wildman–Crippen MR) is 196 cm³/mol. The predicted octanol–water partition coefficient (Wildman–Crippen LogP) is 11.6. The minimum Gasteiger partial charge on any atom is -0.481 e. The number of fused-ring (bicyclic) bond motifs is 2. The maximum Gasteiger partial charge on any atom is 0.141 e. The van der Waals surface area contributed by atoms with Gasteiger partial charge in [-0.3, -0.25) is 13.8 Å². The van der Waals surface area contributed by atoms with Gasteiger partial charge in [-0.2, -0.15) is 0 Å². The van der Waals surface area contributed by atoms with Crippen LogP contribution in [0.3, 0.4) is 0 Å². The zero-order valence-corrected chi connectivity index (χ0v) is 27.2. The number of pyridine rings is 2. The molecule has 50 heavy (non-hydrogen) atoms. The molecule has 9 aromatic rings. The summed E-state index contributed by atoms with van der Waals surface area (Å²) in [6, 6.07) is 52.5. The van der Waals surface area contributed by atoms with E-state index in [0.29, 0.717) is 11.6 Å². The van der Waals surface area contributed by atoms with Gasteiger partial charge < -0.3 is 14.4 Å². The second-order valence-electron chi connectivity index (χ2n) is 10.9. The number of benzene rings is 5. The summed E-state index contributed by atoms with van der Waals surface area (Å²) in [5.74, 6) is 0.0865. The highest BCUT2D eigenvalue weighted by Gasteiger charge is 2.05. The van der Waals surface area contributed by atoms with Crippen molar-refractivity contribution in [3.8, 4) is 44.6 Å². The molecule has 0 saturated heterocycles. The summed E-state index contributed by atoms with van der Waals surface area (Å²) < 4.78 is 33.0. The van der Waals surface area contributed by atoms with Gasteiger partial charge >= 0.3 is 0 Å². The van der Waals surface area contributed by atoms with Crippen LogP contribution in [0.15, 0.2) is 163 Å². The van der Waals surface area contributed by atoms with E-state index in [2.05, 4.69) is 63.5 Å². The molecule has 0 aliphatic heterocycles. The van der Waals surface area contributed by atoms with Crippen LogP contribution in [0.25, 0.3) is 65.5 Å². The lowest BCUT2D eigenvalue weighted by atomic mass is 10.0. The summed E-state index contributed by atoms with van der Waals surface area (Å²) >= 11 is 1.73. The zero-order chi connectivity index (χ0) is 34.1. The average molecular weight is 671 g/mol.